The standard InChI is InChI=1S/C21H29NO4/c1-5-6-9-26-19-8-7-15(10-20(19)25-4)13-22-14-16-17(23)11-21(2,3)12-18(16)24/h7-8,10,14,23H,5-6,9,11-13H2,1-4H3. The number of methoxy groups -OCH3 is 1. The maximum atomic E-state index is 12.2. The van der Waals surface area contributed by atoms with Crippen molar-refractivity contribution in [1.82, 2.24) is 0 Å². The second-order valence-corrected chi connectivity index (χ2v) is 7.46. The monoisotopic (exact) mass is 359 g/mol. The zero-order valence-electron chi connectivity index (χ0n) is 16.2. The second kappa shape index (κ2) is 8.88. The van der Waals surface area contributed by atoms with E-state index in [-0.39, 0.29) is 17.0 Å². The number of unbranched alkanes of at least 4 members (excludes halogenated alkanes) is 1. The highest BCUT2D eigenvalue weighted by molar-refractivity contribution is 6.14. The average Bonchev–Trinajstić information content (AvgIpc) is 2.57. The first-order valence-electron chi connectivity index (χ1n) is 9.11. The number of nitrogens with zero attached hydrogens (tertiary/aromatic N) is 1. The van der Waals surface area contributed by atoms with Crippen molar-refractivity contribution in [2.24, 2.45) is 10.4 Å². The molecule has 1 aromatic carbocycles. The van der Waals surface area contributed by atoms with E-state index < -0.39 is 0 Å². The summed E-state index contributed by atoms with van der Waals surface area (Å²) in [6, 6.07) is 5.70. The molecule has 0 unspecified atom stereocenters. The van der Waals surface area contributed by atoms with E-state index in [4.69, 9.17) is 9.47 Å². The lowest BCUT2D eigenvalue weighted by atomic mass is 9.77. The molecule has 1 N–H and O–H groups in total. The molecule has 0 radical (unpaired) electrons. The van der Waals surface area contributed by atoms with Crippen LogP contribution in [0, 0.1) is 5.41 Å². The van der Waals surface area contributed by atoms with Crippen molar-refractivity contribution >= 4 is 12.0 Å². The minimum Gasteiger partial charge on any atom is -0.511 e. The van der Waals surface area contributed by atoms with E-state index >= 15 is 0 Å². The van der Waals surface area contributed by atoms with Crippen molar-refractivity contribution in [2.75, 3.05) is 13.7 Å². The number of allylic oxidation sites excluding steroid dienone is 2. The van der Waals surface area contributed by atoms with Crippen LogP contribution >= 0.6 is 0 Å². The summed E-state index contributed by atoms with van der Waals surface area (Å²) in [6.07, 6.45) is 4.49. The van der Waals surface area contributed by atoms with Gasteiger partial charge in [-0.3, -0.25) is 9.79 Å². The normalized spacial score (nSPS) is 17.0. The molecule has 1 aliphatic rings. The molecule has 0 aliphatic heterocycles. The van der Waals surface area contributed by atoms with Gasteiger partial charge in [-0.2, -0.15) is 0 Å². The van der Waals surface area contributed by atoms with E-state index in [0.29, 0.717) is 37.3 Å². The minimum atomic E-state index is -0.195. The van der Waals surface area contributed by atoms with E-state index in [2.05, 4.69) is 11.9 Å². The SMILES string of the molecule is CCCCOc1ccc(CN=CC2=C(O)CC(C)(C)CC2=O)cc1OC. The lowest BCUT2D eigenvalue weighted by molar-refractivity contribution is -0.117. The zero-order valence-corrected chi connectivity index (χ0v) is 16.2. The summed E-state index contributed by atoms with van der Waals surface area (Å²) in [5, 5.41) is 10.1. The topological polar surface area (TPSA) is 68.1 Å². The summed E-state index contributed by atoms with van der Waals surface area (Å²) in [4.78, 5) is 16.5. The van der Waals surface area contributed by atoms with Crippen molar-refractivity contribution in [3.8, 4) is 11.5 Å². The molecule has 0 fully saturated rings. The average molecular weight is 359 g/mol. The Morgan fingerprint density at radius 1 is 1.27 bits per heavy atom. The first-order chi connectivity index (χ1) is 12.4. The minimum absolute atomic E-state index is 0.0558. The van der Waals surface area contributed by atoms with E-state index in [9.17, 15) is 9.90 Å². The van der Waals surface area contributed by atoms with Crippen LogP contribution in [0.15, 0.2) is 34.5 Å². The Balaban J connectivity index is 2.05. The predicted octanol–water partition coefficient (Wildman–Crippen LogP) is 4.65. The zero-order chi connectivity index (χ0) is 19.2. The third kappa shape index (κ3) is 5.35. The molecule has 0 aromatic heterocycles. The van der Waals surface area contributed by atoms with Crippen molar-refractivity contribution in [3.05, 3.63) is 35.1 Å². The molecule has 26 heavy (non-hydrogen) atoms. The van der Waals surface area contributed by atoms with Gasteiger partial charge in [0.1, 0.15) is 5.76 Å². The van der Waals surface area contributed by atoms with Crippen LogP contribution in [0.25, 0.3) is 0 Å². The maximum absolute atomic E-state index is 12.2. The van der Waals surface area contributed by atoms with Gasteiger partial charge in [0, 0.05) is 19.1 Å². The number of aliphatic hydroxyl groups excluding tert-OH is 1. The van der Waals surface area contributed by atoms with E-state index in [1.54, 1.807) is 7.11 Å². The van der Waals surface area contributed by atoms with Gasteiger partial charge >= 0.3 is 0 Å². The number of rotatable bonds is 8. The molecule has 0 heterocycles. The molecule has 0 spiro atoms. The van der Waals surface area contributed by atoms with Crippen LogP contribution in [0.4, 0.5) is 0 Å². The summed E-state index contributed by atoms with van der Waals surface area (Å²) < 4.78 is 11.1. The highest BCUT2D eigenvalue weighted by Crippen LogP contribution is 2.35. The van der Waals surface area contributed by atoms with Gasteiger partial charge in [0.15, 0.2) is 17.3 Å². The van der Waals surface area contributed by atoms with Crippen LogP contribution in [0.2, 0.25) is 0 Å². The maximum Gasteiger partial charge on any atom is 0.168 e. The van der Waals surface area contributed by atoms with Gasteiger partial charge in [-0.15, -0.1) is 0 Å². The molecule has 0 bridgehead atoms. The molecular formula is C21H29NO4. The number of benzene rings is 1. The molecule has 142 valence electrons. The highest BCUT2D eigenvalue weighted by atomic mass is 16.5. The first-order valence-corrected chi connectivity index (χ1v) is 9.11. The van der Waals surface area contributed by atoms with Gasteiger partial charge in [0.2, 0.25) is 0 Å². The number of hydrogen-bond acceptors (Lipinski definition) is 5. The Morgan fingerprint density at radius 2 is 2.04 bits per heavy atom. The van der Waals surface area contributed by atoms with Gasteiger partial charge in [0.25, 0.3) is 0 Å². The molecule has 0 amide bonds. The second-order valence-electron chi connectivity index (χ2n) is 7.46. The number of Topliss-reactive ketones (excluding diaryl/α,β-unsaturated/α-hetero) is 1. The molecular weight excluding hydrogens is 330 g/mol. The van der Waals surface area contributed by atoms with Gasteiger partial charge in [-0.05, 0) is 29.5 Å². The Morgan fingerprint density at radius 3 is 2.69 bits per heavy atom. The lowest BCUT2D eigenvalue weighted by Crippen LogP contribution is -2.26. The number of hydrogen-bond donors (Lipinski definition) is 1. The van der Waals surface area contributed by atoms with Crippen molar-refractivity contribution in [1.29, 1.82) is 0 Å². The molecule has 5 nitrogen and oxygen atoms in total. The van der Waals surface area contributed by atoms with Gasteiger partial charge in [-0.1, -0.05) is 33.3 Å². The summed E-state index contributed by atoms with van der Waals surface area (Å²) >= 11 is 0. The first kappa shape index (κ1) is 20.0. The number of ketones is 1. The number of aliphatic imine (C=N–C) groups is 1. The molecule has 5 heteroatoms. The fourth-order valence-corrected chi connectivity index (χ4v) is 2.95. The Kier molecular flexibility index (Phi) is 6.83. The summed E-state index contributed by atoms with van der Waals surface area (Å²) in [7, 11) is 1.61. The van der Waals surface area contributed by atoms with Crippen LogP contribution in [-0.4, -0.2) is 30.8 Å². The molecule has 0 atom stereocenters. The van der Waals surface area contributed by atoms with E-state index in [1.165, 1.54) is 6.21 Å². The number of carbonyl (C=O) groups excluding carboxylic acids is 1. The van der Waals surface area contributed by atoms with Crippen LogP contribution in [0.1, 0.15) is 52.0 Å². The fraction of sp³-hybridized carbons (Fsp3) is 0.524. The van der Waals surface area contributed by atoms with Gasteiger partial charge in [0.05, 0.1) is 25.8 Å². The van der Waals surface area contributed by atoms with Crippen LogP contribution < -0.4 is 9.47 Å². The van der Waals surface area contributed by atoms with Crippen molar-refractivity contribution in [3.63, 3.8) is 0 Å². The van der Waals surface area contributed by atoms with Crippen LogP contribution in [0.5, 0.6) is 11.5 Å². The molecule has 2 rings (SSSR count). The Labute approximate surface area is 155 Å². The lowest BCUT2D eigenvalue weighted by Gasteiger charge is -2.28. The number of ether oxygens (including phenoxy) is 2. The van der Waals surface area contributed by atoms with Crippen LogP contribution in [0.3, 0.4) is 0 Å². The molecule has 1 aliphatic carbocycles. The van der Waals surface area contributed by atoms with Crippen LogP contribution in [-0.2, 0) is 11.3 Å². The Bertz CT molecular complexity index is 704. The number of aliphatic hydroxyl groups is 1. The number of carbonyl (C=O) groups is 1. The summed E-state index contributed by atoms with van der Waals surface area (Å²) in [6.45, 7) is 7.14. The predicted molar refractivity (Wildman–Crippen MR) is 103 cm³/mol. The van der Waals surface area contributed by atoms with Gasteiger partial charge in [-0.25, -0.2) is 0 Å². The third-order valence-corrected chi connectivity index (χ3v) is 4.37. The summed E-state index contributed by atoms with van der Waals surface area (Å²) in [5.74, 6) is 1.47. The fourth-order valence-electron chi connectivity index (χ4n) is 2.95. The molecule has 1 aromatic rings. The van der Waals surface area contributed by atoms with E-state index in [1.807, 2.05) is 32.0 Å². The highest BCUT2D eigenvalue weighted by Gasteiger charge is 2.32. The summed E-state index contributed by atoms with van der Waals surface area (Å²) in [5.41, 5.74) is 1.08. The van der Waals surface area contributed by atoms with Crippen molar-refractivity contribution < 1.29 is 19.4 Å². The van der Waals surface area contributed by atoms with E-state index in [0.717, 1.165) is 24.2 Å². The quantitative estimate of drug-likeness (QED) is 0.542. The van der Waals surface area contributed by atoms with Gasteiger partial charge < -0.3 is 14.6 Å². The molecule has 0 saturated carbocycles. The molecule has 0 saturated heterocycles. The largest absolute Gasteiger partial charge is 0.511 e. The third-order valence-electron chi connectivity index (χ3n) is 4.37. The van der Waals surface area contributed by atoms with Crippen molar-refractivity contribution in [2.45, 2.75) is 53.0 Å². The Hall–Kier alpha value is -2.30. The smallest absolute Gasteiger partial charge is 0.168 e.